The zero-order chi connectivity index (χ0) is 12.5. The minimum atomic E-state index is -2.71. The summed E-state index contributed by atoms with van der Waals surface area (Å²) in [6.45, 7) is 9.24. The van der Waals surface area contributed by atoms with E-state index in [1.165, 1.54) is 0 Å². The fourth-order valence-electron chi connectivity index (χ4n) is 3.03. The van der Waals surface area contributed by atoms with Crippen molar-refractivity contribution in [1.82, 2.24) is 9.76 Å². The molecule has 0 saturated carbocycles. The Hall–Kier alpha value is 0.320. The first-order chi connectivity index (χ1) is 8.73. The van der Waals surface area contributed by atoms with Crippen LogP contribution in [-0.2, 0) is 13.8 Å². The molecule has 3 saturated heterocycles. The minimum Gasteiger partial charge on any atom is -1.00 e. The van der Waals surface area contributed by atoms with E-state index in [0.29, 0.717) is 6.61 Å². The first kappa shape index (κ1) is 15.7. The van der Waals surface area contributed by atoms with Crippen LogP contribution in [0.1, 0.15) is 6.42 Å². The van der Waals surface area contributed by atoms with E-state index in [0.717, 1.165) is 69.9 Å². The predicted octanol–water partition coefficient (Wildman–Crippen LogP) is -2.73. The van der Waals surface area contributed by atoms with Crippen LogP contribution in [0.3, 0.4) is 0 Å². The number of halogens is 1. The van der Waals surface area contributed by atoms with Crippen molar-refractivity contribution in [2.45, 2.75) is 6.42 Å². The Morgan fingerprint density at radius 3 is 2.32 bits per heavy atom. The molecular formula is C11H23ClN3O3P. The Balaban J connectivity index is 0.00000133. The second-order valence-electron chi connectivity index (χ2n) is 5.42. The summed E-state index contributed by atoms with van der Waals surface area (Å²) >= 11 is 0. The van der Waals surface area contributed by atoms with Gasteiger partial charge in [0.05, 0.1) is 46.0 Å². The van der Waals surface area contributed by atoms with Crippen LogP contribution in [0.2, 0.25) is 0 Å². The number of morpholine rings is 1. The lowest BCUT2D eigenvalue weighted by molar-refractivity contribution is -0.938. The molecule has 0 aromatic rings. The fourth-order valence-corrected chi connectivity index (χ4v) is 5.00. The number of hydrogen-bond acceptors (Lipinski definition) is 3. The number of nitrogens with zero attached hydrogens (tertiary/aromatic N) is 2. The summed E-state index contributed by atoms with van der Waals surface area (Å²) in [5.41, 5.74) is 0. The molecule has 3 aliphatic heterocycles. The average molecular weight is 312 g/mol. The summed E-state index contributed by atoms with van der Waals surface area (Å²) in [5, 5.41) is 3.08. The van der Waals surface area contributed by atoms with E-state index in [-0.39, 0.29) is 12.4 Å². The molecule has 1 N–H and O–H groups in total. The first-order valence-corrected chi connectivity index (χ1v) is 8.48. The molecule has 0 bridgehead atoms. The van der Waals surface area contributed by atoms with Gasteiger partial charge < -0.3 is 26.2 Å². The van der Waals surface area contributed by atoms with Crippen LogP contribution >= 0.6 is 7.67 Å². The summed E-state index contributed by atoms with van der Waals surface area (Å²) in [6.07, 6.45) is 0.954. The zero-order valence-corrected chi connectivity index (χ0v) is 12.9. The lowest BCUT2D eigenvalue weighted by Gasteiger charge is -2.47. The van der Waals surface area contributed by atoms with Gasteiger partial charge in [-0.1, -0.05) is 0 Å². The monoisotopic (exact) mass is 311 g/mol. The number of nitrogens with one attached hydrogen (secondary N) is 1. The van der Waals surface area contributed by atoms with E-state index in [4.69, 9.17) is 9.26 Å². The summed E-state index contributed by atoms with van der Waals surface area (Å²) in [5.74, 6) is 0. The van der Waals surface area contributed by atoms with Gasteiger partial charge in [0.25, 0.3) is 0 Å². The van der Waals surface area contributed by atoms with Gasteiger partial charge in [-0.25, -0.2) is 9.76 Å². The van der Waals surface area contributed by atoms with Crippen LogP contribution in [0.15, 0.2) is 0 Å². The van der Waals surface area contributed by atoms with Crippen molar-refractivity contribution in [1.29, 1.82) is 0 Å². The van der Waals surface area contributed by atoms with Gasteiger partial charge >= 0.3 is 7.67 Å². The van der Waals surface area contributed by atoms with Gasteiger partial charge in [-0.2, -0.15) is 0 Å². The smallest absolute Gasteiger partial charge is 0.343 e. The van der Waals surface area contributed by atoms with Gasteiger partial charge in [0.1, 0.15) is 13.1 Å². The second kappa shape index (κ2) is 6.39. The Morgan fingerprint density at radius 1 is 1.05 bits per heavy atom. The van der Waals surface area contributed by atoms with Gasteiger partial charge in [0.15, 0.2) is 0 Å². The molecule has 0 aromatic carbocycles. The molecule has 0 aliphatic carbocycles. The molecule has 1 spiro atoms. The molecule has 112 valence electrons. The molecule has 3 rings (SSSR count). The van der Waals surface area contributed by atoms with Crippen molar-refractivity contribution >= 4 is 7.67 Å². The third-order valence-electron chi connectivity index (χ3n) is 4.36. The Labute approximate surface area is 121 Å². The van der Waals surface area contributed by atoms with Gasteiger partial charge in [-0.15, -0.1) is 0 Å². The van der Waals surface area contributed by atoms with Crippen LogP contribution in [0, 0.1) is 0 Å². The van der Waals surface area contributed by atoms with Crippen molar-refractivity contribution in [3.05, 3.63) is 0 Å². The number of piperazine rings is 1. The molecule has 19 heavy (non-hydrogen) atoms. The standard InChI is InChI=1S/C11H23N3O3P.ClH/c15-18(12-2-1-9-17-18)13-3-5-14(6-4-13)7-10-16-11-8-14;/h1-11H2,(H,12,15);1H/q+1;/p-1. The van der Waals surface area contributed by atoms with Crippen LogP contribution in [-0.4, -0.2) is 74.8 Å². The lowest BCUT2D eigenvalue weighted by Crippen LogP contribution is -3.00. The number of quaternary nitrogens is 1. The molecule has 0 radical (unpaired) electrons. The van der Waals surface area contributed by atoms with Crippen molar-refractivity contribution in [2.24, 2.45) is 0 Å². The van der Waals surface area contributed by atoms with E-state index in [1.807, 2.05) is 4.67 Å². The van der Waals surface area contributed by atoms with Crippen LogP contribution < -0.4 is 17.5 Å². The maximum atomic E-state index is 12.6. The molecule has 3 heterocycles. The van der Waals surface area contributed by atoms with E-state index in [2.05, 4.69) is 5.09 Å². The van der Waals surface area contributed by atoms with E-state index in [9.17, 15) is 4.57 Å². The highest BCUT2D eigenvalue weighted by Crippen LogP contribution is 2.49. The van der Waals surface area contributed by atoms with Crippen molar-refractivity contribution < 1.29 is 30.7 Å². The molecule has 1 unspecified atom stereocenters. The average Bonchev–Trinajstić information content (AvgIpc) is 2.41. The quantitative estimate of drug-likeness (QED) is 0.421. The number of ether oxygens (including phenoxy) is 1. The lowest BCUT2D eigenvalue weighted by atomic mass is 10.2. The Kier molecular flexibility index (Phi) is 5.28. The highest BCUT2D eigenvalue weighted by Gasteiger charge is 2.42. The number of rotatable bonds is 1. The Morgan fingerprint density at radius 2 is 1.74 bits per heavy atom. The molecular weight excluding hydrogens is 289 g/mol. The molecule has 6 nitrogen and oxygen atoms in total. The molecule has 3 aliphatic rings. The predicted molar refractivity (Wildman–Crippen MR) is 68.3 cm³/mol. The maximum absolute atomic E-state index is 12.6. The fraction of sp³-hybridized carbons (Fsp3) is 1.00. The van der Waals surface area contributed by atoms with Crippen LogP contribution in [0.5, 0.6) is 0 Å². The third-order valence-corrected chi connectivity index (χ3v) is 6.66. The first-order valence-electron chi connectivity index (χ1n) is 6.91. The minimum absolute atomic E-state index is 0. The summed E-state index contributed by atoms with van der Waals surface area (Å²) in [7, 11) is -2.71. The zero-order valence-electron chi connectivity index (χ0n) is 11.2. The molecule has 1 atom stereocenters. The van der Waals surface area contributed by atoms with Crippen molar-refractivity contribution in [3.8, 4) is 0 Å². The summed E-state index contributed by atoms with van der Waals surface area (Å²) < 4.78 is 26.7. The SMILES string of the molecule is O=P1(N2CC[N+]3(CCOCC3)CC2)NCCCO1.[Cl-]. The van der Waals surface area contributed by atoms with E-state index in [1.54, 1.807) is 0 Å². The number of hydrogen-bond donors (Lipinski definition) is 1. The van der Waals surface area contributed by atoms with Crippen LogP contribution in [0.25, 0.3) is 0 Å². The highest BCUT2D eigenvalue weighted by atomic mass is 35.5. The highest BCUT2D eigenvalue weighted by molar-refractivity contribution is 7.54. The summed E-state index contributed by atoms with van der Waals surface area (Å²) in [4.78, 5) is 0. The van der Waals surface area contributed by atoms with Crippen molar-refractivity contribution in [3.63, 3.8) is 0 Å². The molecule has 8 heteroatoms. The molecule has 3 fully saturated rings. The second-order valence-corrected chi connectivity index (χ2v) is 7.60. The van der Waals surface area contributed by atoms with E-state index < -0.39 is 7.67 Å². The van der Waals surface area contributed by atoms with Crippen LogP contribution in [0.4, 0.5) is 0 Å². The maximum Gasteiger partial charge on any atom is 0.343 e. The largest absolute Gasteiger partial charge is 1.00 e. The third kappa shape index (κ3) is 3.32. The molecule has 0 aromatic heterocycles. The van der Waals surface area contributed by atoms with Crippen molar-refractivity contribution in [2.75, 3.05) is 65.6 Å². The van der Waals surface area contributed by atoms with Gasteiger partial charge in [-0.3, -0.25) is 4.57 Å². The van der Waals surface area contributed by atoms with Gasteiger partial charge in [0, 0.05) is 6.54 Å². The van der Waals surface area contributed by atoms with Gasteiger partial charge in [0.2, 0.25) is 0 Å². The topological polar surface area (TPSA) is 50.8 Å². The molecule has 0 amide bonds. The normalized spacial score (nSPS) is 35.8. The summed E-state index contributed by atoms with van der Waals surface area (Å²) in [6, 6.07) is 0. The van der Waals surface area contributed by atoms with E-state index >= 15 is 0 Å². The Bertz CT molecular complexity index is 332. The van der Waals surface area contributed by atoms with Gasteiger partial charge in [-0.05, 0) is 6.42 Å².